The molecular weight excluding hydrogens is 384 g/mol. The molecule has 9 heavy (non-hydrogen) atoms. The molecule has 0 atom stereocenters. The Morgan fingerprint density at radius 3 is 1.33 bits per heavy atom. The normalized spacial score (nSPS) is 2.67. The van der Waals surface area contributed by atoms with E-state index in [1.165, 1.54) is 0 Å². The fourth-order valence-corrected chi connectivity index (χ4v) is 0. The summed E-state index contributed by atoms with van der Waals surface area (Å²) in [5.74, 6) is 0. The summed E-state index contributed by atoms with van der Waals surface area (Å²) in [7, 11) is -3.13. The third-order valence-electron chi connectivity index (χ3n) is 0. The third kappa shape index (κ3) is 69.0. The first-order chi connectivity index (χ1) is 1.73. The first-order valence-electron chi connectivity index (χ1n) is 0.651. The Morgan fingerprint density at radius 2 is 1.33 bits per heavy atom. The second kappa shape index (κ2) is 29.4. The summed E-state index contributed by atoms with van der Waals surface area (Å²) in [5.41, 5.74) is 0. The molecule has 0 unspecified atom stereocenters. The molecule has 0 saturated carbocycles. The van der Waals surface area contributed by atoms with Crippen molar-refractivity contribution in [2.75, 3.05) is 0 Å². The fraction of sp³-hybridized carbons (Fsp3) is 0. The minimum atomic E-state index is -3.13. The predicted molar refractivity (Wildman–Crippen MR) is 48.4 cm³/mol. The molecule has 0 aliphatic rings. The average molecular weight is 397 g/mol. The zero-order valence-electron chi connectivity index (χ0n) is 10.4. The summed E-state index contributed by atoms with van der Waals surface area (Å²) in [5, 5.41) is 0. The number of hydrogen-bond acceptors (Lipinski definition) is 1. The number of rotatable bonds is 0. The van der Waals surface area contributed by atoms with Gasteiger partial charge in [0.2, 0.25) is 0 Å². The van der Waals surface area contributed by atoms with Gasteiger partial charge < -0.3 is 23.6 Å². The third-order valence-corrected chi connectivity index (χ3v) is 0. The van der Waals surface area contributed by atoms with Crippen LogP contribution in [0.3, 0.4) is 0 Å². The molecular formula is H13AlBaCaO4SiSr. The van der Waals surface area contributed by atoms with Gasteiger partial charge in [-0.1, -0.05) is 0 Å². The van der Waals surface area contributed by atoms with E-state index in [1.54, 1.807) is 0 Å². The quantitative estimate of drug-likeness (QED) is 0.408. The summed E-state index contributed by atoms with van der Waals surface area (Å²) < 4.78 is 8.74. The van der Waals surface area contributed by atoms with Gasteiger partial charge in [-0.2, -0.15) is 0 Å². The van der Waals surface area contributed by atoms with Crippen molar-refractivity contribution in [2.45, 2.75) is 0 Å². The smallest absolute Gasteiger partial charge is 1.00 e. The minimum absolute atomic E-state index is 0. The minimum Gasteiger partial charge on any atom is -1.00 e. The van der Waals surface area contributed by atoms with E-state index in [0.29, 0.717) is 0 Å². The van der Waals surface area contributed by atoms with E-state index in [2.05, 4.69) is 0 Å². The van der Waals surface area contributed by atoms with Crippen molar-refractivity contribution < 1.29 is 28.1 Å². The van der Waals surface area contributed by atoms with Crippen LogP contribution in [0.4, 0.5) is 0 Å². The van der Waals surface area contributed by atoms with Gasteiger partial charge in [0.15, 0.2) is 17.4 Å². The van der Waals surface area contributed by atoms with Crippen molar-refractivity contribution in [1.82, 2.24) is 0 Å². The fourth-order valence-electron chi connectivity index (χ4n) is 0. The zero-order chi connectivity index (χ0) is 3.58. The zero-order valence-corrected chi connectivity index (χ0v) is 15.5. The van der Waals surface area contributed by atoms with Gasteiger partial charge in [-0.15, -0.1) is 0 Å². The standard InChI is InChI=1S/Al.Ba.Ca.H2O3Si.H2O.Sr.9H/c;;;1-4(2)3;;;;;;;;;;;/h;;;1-2H;1H2;;;;;;;;;;/q;2*+2;;;+2;;;;6*-1. The largest absolute Gasteiger partial charge is 2.00 e. The Kier molecular flexibility index (Phi) is 123. The van der Waals surface area contributed by atoms with Gasteiger partial charge in [0.1, 0.15) is 0 Å². The van der Waals surface area contributed by atoms with Crippen LogP contribution in [0.15, 0.2) is 0 Å². The van der Waals surface area contributed by atoms with Crippen LogP contribution in [-0.4, -0.2) is 174 Å². The molecule has 0 bridgehead atoms. The van der Waals surface area contributed by atoms with Crippen LogP contribution in [0.1, 0.15) is 8.56 Å². The van der Waals surface area contributed by atoms with Gasteiger partial charge >= 0.3 is 141 Å². The summed E-state index contributed by atoms with van der Waals surface area (Å²) >= 11 is 0. The van der Waals surface area contributed by atoms with Crippen molar-refractivity contribution in [3.63, 3.8) is 0 Å². The molecule has 4 nitrogen and oxygen atoms in total. The molecule has 0 aromatic carbocycles. The molecule has 0 aromatic rings. The van der Waals surface area contributed by atoms with Crippen LogP contribution in [0.25, 0.3) is 0 Å². The Balaban J connectivity index is -0.000000000818. The molecule has 9 heteroatoms. The maximum Gasteiger partial charge on any atom is 2.00 e. The van der Waals surface area contributed by atoms with Gasteiger partial charge in [0.25, 0.3) is 0 Å². The second-order valence-corrected chi connectivity index (χ2v) is 0.848. The first kappa shape index (κ1) is 37.6. The van der Waals surface area contributed by atoms with Gasteiger partial charge in [-0.3, -0.25) is 4.46 Å². The Labute approximate surface area is 182 Å². The number of hydrogen-bond donors (Lipinski definition) is 2. The van der Waals surface area contributed by atoms with Crippen LogP contribution < -0.4 is 0 Å². The monoisotopic (exact) mass is 398 g/mol. The molecule has 50 valence electrons. The van der Waals surface area contributed by atoms with Crippen molar-refractivity contribution in [2.24, 2.45) is 0 Å². The van der Waals surface area contributed by atoms with Crippen molar-refractivity contribution >= 4 is 159 Å². The van der Waals surface area contributed by atoms with Crippen LogP contribution in [0, 0.1) is 0 Å². The Hall–Kier alpha value is 4.42. The Bertz CT molecular complexity index is 58.1. The molecule has 0 saturated heterocycles. The van der Waals surface area contributed by atoms with Gasteiger partial charge in [0, 0.05) is 0 Å². The van der Waals surface area contributed by atoms with E-state index in [1.807, 2.05) is 0 Å². The summed E-state index contributed by atoms with van der Waals surface area (Å²) in [4.78, 5) is 14.3. The van der Waals surface area contributed by atoms with Crippen LogP contribution >= 0.6 is 0 Å². The predicted octanol–water partition coefficient (Wildman–Crippen LogP) is -4.09. The van der Waals surface area contributed by atoms with E-state index in [9.17, 15) is 0 Å². The summed E-state index contributed by atoms with van der Waals surface area (Å²) in [6.45, 7) is 0. The molecule has 0 amide bonds. The van der Waals surface area contributed by atoms with Gasteiger partial charge in [-0.25, -0.2) is 0 Å². The SMILES string of the molecule is O.O=[Si](O)O.[AlH3].[Ba+2].[Ca+2].[H-].[H-].[H-].[H-].[H-].[H-].[Sr+2]. The van der Waals surface area contributed by atoms with Gasteiger partial charge in [0.05, 0.1) is 0 Å². The second-order valence-electron chi connectivity index (χ2n) is 0.283. The summed E-state index contributed by atoms with van der Waals surface area (Å²) in [6.07, 6.45) is 0. The molecule has 0 aromatic heterocycles. The molecule has 0 heterocycles. The molecule has 0 radical (unpaired) electrons. The van der Waals surface area contributed by atoms with E-state index in [-0.39, 0.29) is 163 Å². The van der Waals surface area contributed by atoms with Gasteiger partial charge in [-0.05, 0) is 0 Å². The van der Waals surface area contributed by atoms with E-state index in [0.717, 1.165) is 0 Å². The Morgan fingerprint density at radius 1 is 1.33 bits per heavy atom. The van der Waals surface area contributed by atoms with Crippen molar-refractivity contribution in [3.8, 4) is 0 Å². The molecule has 0 fully saturated rings. The van der Waals surface area contributed by atoms with E-state index >= 15 is 0 Å². The van der Waals surface area contributed by atoms with E-state index in [4.69, 9.17) is 14.1 Å². The topological polar surface area (TPSA) is 89.0 Å². The molecule has 0 aliphatic heterocycles. The molecule has 0 rings (SSSR count). The summed E-state index contributed by atoms with van der Waals surface area (Å²) in [6, 6.07) is 0. The molecule has 0 spiro atoms. The molecule has 0 aliphatic carbocycles. The van der Waals surface area contributed by atoms with Crippen molar-refractivity contribution in [3.05, 3.63) is 0 Å². The molecule has 4 N–H and O–H groups in total. The maximum absolute atomic E-state index is 8.74. The van der Waals surface area contributed by atoms with Crippen LogP contribution in [0.5, 0.6) is 0 Å². The maximum atomic E-state index is 8.74. The van der Waals surface area contributed by atoms with Crippen LogP contribution in [-0.2, 0) is 4.46 Å². The van der Waals surface area contributed by atoms with Crippen molar-refractivity contribution in [1.29, 1.82) is 0 Å². The first-order valence-corrected chi connectivity index (χ1v) is 1.95. The van der Waals surface area contributed by atoms with Crippen LogP contribution in [0.2, 0.25) is 0 Å². The average Bonchev–Trinajstić information content (AvgIpc) is 0.811. The van der Waals surface area contributed by atoms with E-state index < -0.39 is 9.17 Å².